The lowest BCUT2D eigenvalue weighted by atomic mass is 10.1. The molecule has 0 aliphatic rings. The van der Waals surface area contributed by atoms with E-state index in [9.17, 15) is 9.90 Å². The van der Waals surface area contributed by atoms with Crippen molar-refractivity contribution in [1.82, 2.24) is 14.7 Å². The van der Waals surface area contributed by atoms with E-state index < -0.39 is 6.10 Å². The third-order valence-corrected chi connectivity index (χ3v) is 2.86. The van der Waals surface area contributed by atoms with Crippen LogP contribution >= 0.6 is 0 Å². The predicted molar refractivity (Wildman–Crippen MR) is 72.8 cm³/mol. The molecule has 2 aromatic rings. The summed E-state index contributed by atoms with van der Waals surface area (Å²) in [7, 11) is 0. The number of hydrogen-bond donors (Lipinski definition) is 2. The van der Waals surface area contributed by atoms with Gasteiger partial charge in [-0.2, -0.15) is 0 Å². The van der Waals surface area contributed by atoms with E-state index in [1.54, 1.807) is 6.92 Å². The van der Waals surface area contributed by atoms with Crippen LogP contribution < -0.4 is 5.32 Å². The molecule has 5 nitrogen and oxygen atoms in total. The summed E-state index contributed by atoms with van der Waals surface area (Å²) in [6.45, 7) is 3.60. The van der Waals surface area contributed by atoms with Gasteiger partial charge in [0.2, 0.25) is 5.91 Å². The highest BCUT2D eigenvalue weighted by molar-refractivity contribution is 5.78. The third kappa shape index (κ3) is 3.79. The number of hydrogen-bond acceptors (Lipinski definition) is 3. The summed E-state index contributed by atoms with van der Waals surface area (Å²) in [5.74, 6) is -0.0726. The lowest BCUT2D eigenvalue weighted by Gasteiger charge is -2.14. The molecule has 102 valence electrons. The fourth-order valence-electron chi connectivity index (χ4n) is 2.13. The summed E-state index contributed by atoms with van der Waals surface area (Å²) < 4.78 is 1.89. The van der Waals surface area contributed by atoms with Gasteiger partial charge in [-0.05, 0) is 32.4 Å². The lowest BCUT2D eigenvalue weighted by Crippen LogP contribution is -2.35. The maximum absolute atomic E-state index is 11.8. The summed E-state index contributed by atoms with van der Waals surface area (Å²) in [6, 6.07) is 5.70. The van der Waals surface area contributed by atoms with Gasteiger partial charge in [0.05, 0.1) is 18.2 Å². The second-order valence-electron chi connectivity index (χ2n) is 4.93. The Kier molecular flexibility index (Phi) is 4.16. The van der Waals surface area contributed by atoms with Crippen molar-refractivity contribution in [1.29, 1.82) is 0 Å². The molecule has 0 aliphatic carbocycles. The van der Waals surface area contributed by atoms with Crippen LogP contribution in [0.5, 0.6) is 0 Å². The molecule has 5 heteroatoms. The fourth-order valence-corrected chi connectivity index (χ4v) is 2.13. The van der Waals surface area contributed by atoms with Crippen molar-refractivity contribution in [3.63, 3.8) is 0 Å². The number of carbonyl (C=O) groups is 1. The highest BCUT2D eigenvalue weighted by Crippen LogP contribution is 2.05. The smallest absolute Gasteiger partial charge is 0.226 e. The average Bonchev–Trinajstić information content (AvgIpc) is 2.68. The number of rotatable bonds is 5. The van der Waals surface area contributed by atoms with Gasteiger partial charge in [-0.1, -0.05) is 6.07 Å². The number of nitrogens with zero attached hydrogens (tertiary/aromatic N) is 2. The molecule has 0 saturated heterocycles. The minimum Gasteiger partial charge on any atom is -0.393 e. The van der Waals surface area contributed by atoms with Gasteiger partial charge in [-0.25, -0.2) is 4.98 Å². The van der Waals surface area contributed by atoms with Crippen molar-refractivity contribution in [2.75, 3.05) is 0 Å². The van der Waals surface area contributed by atoms with Crippen LogP contribution in [0.4, 0.5) is 0 Å². The zero-order valence-corrected chi connectivity index (χ0v) is 11.2. The number of carbonyl (C=O) groups excluding carboxylic acids is 1. The van der Waals surface area contributed by atoms with E-state index in [0.29, 0.717) is 6.42 Å². The number of fused-ring (bicyclic) bond motifs is 1. The molecule has 0 bridgehead atoms. The number of amides is 1. The monoisotopic (exact) mass is 261 g/mol. The van der Waals surface area contributed by atoms with E-state index in [1.165, 1.54) is 0 Å². The zero-order valence-electron chi connectivity index (χ0n) is 11.2. The predicted octanol–water partition coefficient (Wildman–Crippen LogP) is 1.15. The van der Waals surface area contributed by atoms with Gasteiger partial charge in [0, 0.05) is 18.4 Å². The number of pyridine rings is 1. The molecule has 2 atom stereocenters. The molecule has 1 amide bonds. The van der Waals surface area contributed by atoms with Crippen molar-refractivity contribution < 1.29 is 9.90 Å². The fraction of sp³-hybridized carbons (Fsp3) is 0.429. The first kappa shape index (κ1) is 13.5. The van der Waals surface area contributed by atoms with Crippen molar-refractivity contribution in [2.24, 2.45) is 0 Å². The molecule has 2 aromatic heterocycles. The highest BCUT2D eigenvalue weighted by atomic mass is 16.3. The summed E-state index contributed by atoms with van der Waals surface area (Å²) >= 11 is 0. The van der Waals surface area contributed by atoms with Crippen LogP contribution in [0.1, 0.15) is 26.0 Å². The molecule has 2 N–H and O–H groups in total. The minimum atomic E-state index is -0.412. The lowest BCUT2D eigenvalue weighted by molar-refractivity contribution is -0.121. The Hall–Kier alpha value is -1.88. The maximum Gasteiger partial charge on any atom is 0.226 e. The van der Waals surface area contributed by atoms with Gasteiger partial charge in [-0.3, -0.25) is 4.79 Å². The van der Waals surface area contributed by atoms with E-state index in [2.05, 4.69) is 10.3 Å². The molecule has 0 aliphatic heterocycles. The quantitative estimate of drug-likeness (QED) is 0.848. The van der Waals surface area contributed by atoms with Crippen LogP contribution in [0.2, 0.25) is 0 Å². The van der Waals surface area contributed by atoms with Crippen LogP contribution in [-0.4, -0.2) is 32.5 Å². The number of nitrogens with one attached hydrogen (secondary N) is 1. The second-order valence-corrected chi connectivity index (χ2v) is 4.93. The molecule has 2 heterocycles. The van der Waals surface area contributed by atoms with Crippen LogP contribution in [-0.2, 0) is 11.2 Å². The van der Waals surface area contributed by atoms with Gasteiger partial charge in [0.15, 0.2) is 0 Å². The maximum atomic E-state index is 11.8. The summed E-state index contributed by atoms with van der Waals surface area (Å²) in [5.41, 5.74) is 1.58. The van der Waals surface area contributed by atoms with Crippen molar-refractivity contribution in [3.8, 4) is 0 Å². The first-order valence-electron chi connectivity index (χ1n) is 6.44. The van der Waals surface area contributed by atoms with Gasteiger partial charge < -0.3 is 14.8 Å². The number of imidazole rings is 1. The van der Waals surface area contributed by atoms with Crippen molar-refractivity contribution in [3.05, 3.63) is 36.3 Å². The average molecular weight is 261 g/mol. The van der Waals surface area contributed by atoms with Gasteiger partial charge in [0.1, 0.15) is 5.65 Å². The van der Waals surface area contributed by atoms with E-state index in [4.69, 9.17) is 0 Å². The summed E-state index contributed by atoms with van der Waals surface area (Å²) in [4.78, 5) is 16.2. The zero-order chi connectivity index (χ0) is 13.8. The van der Waals surface area contributed by atoms with E-state index in [1.807, 2.05) is 41.9 Å². The minimum absolute atomic E-state index is 0.0375. The molecule has 2 rings (SSSR count). The van der Waals surface area contributed by atoms with Crippen molar-refractivity contribution in [2.45, 2.75) is 38.8 Å². The standard InChI is InChI=1S/C14H19N3O2/c1-10(7-11(2)18)15-14(19)8-12-9-17-6-4-3-5-13(17)16-12/h3-6,9-11,18H,7-8H2,1-2H3,(H,15,19). The molecule has 2 unspecified atom stereocenters. The van der Waals surface area contributed by atoms with E-state index >= 15 is 0 Å². The largest absolute Gasteiger partial charge is 0.393 e. The Balaban J connectivity index is 1.95. The number of aromatic nitrogens is 2. The Morgan fingerprint density at radius 3 is 2.95 bits per heavy atom. The normalized spacial score (nSPS) is 14.3. The first-order valence-corrected chi connectivity index (χ1v) is 6.44. The Morgan fingerprint density at radius 2 is 2.26 bits per heavy atom. The highest BCUT2D eigenvalue weighted by Gasteiger charge is 2.12. The number of aliphatic hydroxyl groups is 1. The Morgan fingerprint density at radius 1 is 1.47 bits per heavy atom. The van der Waals surface area contributed by atoms with E-state index in [0.717, 1.165) is 11.3 Å². The number of aliphatic hydroxyl groups excluding tert-OH is 1. The summed E-state index contributed by atoms with van der Waals surface area (Å²) in [5, 5.41) is 12.1. The van der Waals surface area contributed by atoms with E-state index in [-0.39, 0.29) is 18.4 Å². The first-order chi connectivity index (χ1) is 9.04. The van der Waals surface area contributed by atoms with Gasteiger partial charge >= 0.3 is 0 Å². The second kappa shape index (κ2) is 5.84. The molecule has 0 aromatic carbocycles. The summed E-state index contributed by atoms with van der Waals surface area (Å²) in [6.07, 6.45) is 4.15. The molecular formula is C14H19N3O2. The Bertz CT molecular complexity index is 530. The molecular weight excluding hydrogens is 242 g/mol. The SMILES string of the molecule is CC(O)CC(C)NC(=O)Cc1cn2ccccc2n1. The third-order valence-electron chi connectivity index (χ3n) is 2.86. The van der Waals surface area contributed by atoms with Crippen LogP contribution in [0.25, 0.3) is 5.65 Å². The van der Waals surface area contributed by atoms with Gasteiger partial charge in [-0.15, -0.1) is 0 Å². The van der Waals surface area contributed by atoms with Crippen molar-refractivity contribution >= 4 is 11.6 Å². The van der Waals surface area contributed by atoms with Gasteiger partial charge in [0.25, 0.3) is 0 Å². The molecule has 0 radical (unpaired) electrons. The van der Waals surface area contributed by atoms with Crippen LogP contribution in [0.3, 0.4) is 0 Å². The molecule has 0 saturated carbocycles. The molecule has 19 heavy (non-hydrogen) atoms. The molecule has 0 fully saturated rings. The van der Waals surface area contributed by atoms with Crippen LogP contribution in [0.15, 0.2) is 30.6 Å². The Labute approximate surface area is 112 Å². The molecule has 0 spiro atoms. The topological polar surface area (TPSA) is 66.6 Å². The van der Waals surface area contributed by atoms with Crippen LogP contribution in [0, 0.1) is 0 Å².